The van der Waals surface area contributed by atoms with Gasteiger partial charge in [0.25, 0.3) is 5.91 Å². The summed E-state index contributed by atoms with van der Waals surface area (Å²) >= 11 is 6.38. The molecule has 4 rings (SSSR count). The summed E-state index contributed by atoms with van der Waals surface area (Å²) in [6.45, 7) is 1.88. The summed E-state index contributed by atoms with van der Waals surface area (Å²) in [6.07, 6.45) is 1.71. The number of hydrogen-bond donors (Lipinski definition) is 2. The van der Waals surface area contributed by atoms with E-state index in [4.69, 9.17) is 16.7 Å². The zero-order valence-electron chi connectivity index (χ0n) is 18.0. The second-order valence-corrected chi connectivity index (χ2v) is 8.03. The molecule has 0 saturated heterocycles. The predicted molar refractivity (Wildman–Crippen MR) is 135 cm³/mol. The van der Waals surface area contributed by atoms with Gasteiger partial charge in [0, 0.05) is 11.6 Å². The van der Waals surface area contributed by atoms with Gasteiger partial charge in [-0.2, -0.15) is 0 Å². The molecule has 4 nitrogen and oxygen atoms in total. The summed E-state index contributed by atoms with van der Waals surface area (Å²) < 4.78 is 0. The minimum atomic E-state index is -1.02. The lowest BCUT2D eigenvalue weighted by Crippen LogP contribution is -2.13. The van der Waals surface area contributed by atoms with E-state index in [2.05, 4.69) is 11.4 Å². The first-order valence-electron chi connectivity index (χ1n) is 10.6. The smallest absolute Gasteiger partial charge is 0.328 e. The van der Waals surface area contributed by atoms with Crippen molar-refractivity contribution < 1.29 is 14.7 Å². The van der Waals surface area contributed by atoms with Gasteiger partial charge >= 0.3 is 5.97 Å². The first kappa shape index (κ1) is 22.3. The molecule has 4 aromatic carbocycles. The van der Waals surface area contributed by atoms with Crippen molar-refractivity contribution in [1.29, 1.82) is 0 Å². The SMILES string of the molecule is CC/C(=C\C(=O)O)c1ccc(Cl)c(NC(=O)c2cc(-c3ccccc3)cc3ccccc23)c1. The lowest BCUT2D eigenvalue weighted by molar-refractivity contribution is -0.131. The average molecular weight is 456 g/mol. The van der Waals surface area contributed by atoms with Crippen LogP contribution in [-0.4, -0.2) is 17.0 Å². The van der Waals surface area contributed by atoms with Gasteiger partial charge in [0.15, 0.2) is 0 Å². The summed E-state index contributed by atoms with van der Waals surface area (Å²) in [5.41, 5.74) is 4.26. The molecule has 0 aromatic heterocycles. The molecule has 4 aromatic rings. The molecule has 2 N–H and O–H groups in total. The fourth-order valence-electron chi connectivity index (χ4n) is 3.84. The number of rotatable bonds is 6. The standard InChI is InChI=1S/C28H22ClNO3/c1-2-18(17-27(31)32)20-12-13-25(29)26(16-20)30-28(33)24-15-22(19-8-4-3-5-9-19)14-21-10-6-7-11-23(21)24/h3-17H,2H2,1H3,(H,30,33)(H,31,32)/b18-17+. The number of fused-ring (bicyclic) bond motifs is 1. The van der Waals surface area contributed by atoms with Crippen molar-refractivity contribution in [3.63, 3.8) is 0 Å². The number of allylic oxidation sites excluding steroid dienone is 1. The largest absolute Gasteiger partial charge is 0.478 e. The van der Waals surface area contributed by atoms with E-state index in [0.29, 0.717) is 33.8 Å². The molecule has 0 aliphatic heterocycles. The minimum absolute atomic E-state index is 0.289. The normalized spacial score (nSPS) is 11.4. The third-order valence-electron chi connectivity index (χ3n) is 5.48. The Hall–Kier alpha value is -3.89. The van der Waals surface area contributed by atoms with Crippen LogP contribution in [-0.2, 0) is 4.79 Å². The monoisotopic (exact) mass is 455 g/mol. The first-order valence-corrected chi connectivity index (χ1v) is 11.0. The van der Waals surface area contributed by atoms with Crippen LogP contribution in [0.15, 0.2) is 91.0 Å². The number of carboxylic acids is 1. The van der Waals surface area contributed by atoms with Crippen LogP contribution in [0.25, 0.3) is 27.5 Å². The number of carboxylic acid groups (broad SMARTS) is 1. The van der Waals surface area contributed by atoms with Crippen molar-refractivity contribution in [2.24, 2.45) is 0 Å². The van der Waals surface area contributed by atoms with E-state index < -0.39 is 5.97 Å². The second kappa shape index (κ2) is 9.72. The second-order valence-electron chi connectivity index (χ2n) is 7.62. The number of hydrogen-bond acceptors (Lipinski definition) is 2. The van der Waals surface area contributed by atoms with Crippen LogP contribution in [0.2, 0.25) is 5.02 Å². The van der Waals surface area contributed by atoms with Gasteiger partial charge in [0.2, 0.25) is 0 Å². The third-order valence-corrected chi connectivity index (χ3v) is 5.81. The van der Waals surface area contributed by atoms with Crippen LogP contribution in [0.1, 0.15) is 29.3 Å². The summed E-state index contributed by atoms with van der Waals surface area (Å²) in [5.74, 6) is -1.31. The summed E-state index contributed by atoms with van der Waals surface area (Å²) in [5, 5.41) is 14.2. The van der Waals surface area contributed by atoms with Crippen molar-refractivity contribution in [2.75, 3.05) is 5.32 Å². The highest BCUT2D eigenvalue weighted by Crippen LogP contribution is 2.31. The van der Waals surface area contributed by atoms with Gasteiger partial charge in [-0.1, -0.05) is 79.2 Å². The number of amides is 1. The molecule has 0 bridgehead atoms. The number of aliphatic carboxylic acids is 1. The minimum Gasteiger partial charge on any atom is -0.478 e. The van der Waals surface area contributed by atoms with E-state index in [1.165, 1.54) is 6.08 Å². The molecule has 0 unspecified atom stereocenters. The molecule has 164 valence electrons. The zero-order valence-corrected chi connectivity index (χ0v) is 18.8. The van der Waals surface area contributed by atoms with Gasteiger partial charge in [0.05, 0.1) is 10.7 Å². The molecule has 0 spiro atoms. The Balaban J connectivity index is 1.76. The summed E-state index contributed by atoms with van der Waals surface area (Å²) in [6, 6.07) is 26.7. The molecular weight excluding hydrogens is 434 g/mol. The Bertz CT molecular complexity index is 1380. The highest BCUT2D eigenvalue weighted by molar-refractivity contribution is 6.34. The van der Waals surface area contributed by atoms with Gasteiger partial charge in [-0.3, -0.25) is 4.79 Å². The number of carbonyl (C=O) groups is 2. The van der Waals surface area contributed by atoms with Gasteiger partial charge in [-0.15, -0.1) is 0 Å². The molecular formula is C28H22ClNO3. The van der Waals surface area contributed by atoms with E-state index in [-0.39, 0.29) is 5.91 Å². The van der Waals surface area contributed by atoms with Gasteiger partial charge in [0.1, 0.15) is 0 Å². The van der Waals surface area contributed by atoms with Crippen LogP contribution in [0.4, 0.5) is 5.69 Å². The van der Waals surface area contributed by atoms with Crippen LogP contribution in [0.3, 0.4) is 0 Å². The van der Waals surface area contributed by atoms with Crippen molar-refractivity contribution in [1.82, 2.24) is 0 Å². The lowest BCUT2D eigenvalue weighted by atomic mass is 9.96. The highest BCUT2D eigenvalue weighted by atomic mass is 35.5. The molecule has 5 heteroatoms. The van der Waals surface area contributed by atoms with Crippen molar-refractivity contribution >= 4 is 45.5 Å². The van der Waals surface area contributed by atoms with E-state index in [1.807, 2.05) is 67.6 Å². The summed E-state index contributed by atoms with van der Waals surface area (Å²) in [4.78, 5) is 24.6. The van der Waals surface area contributed by atoms with E-state index in [0.717, 1.165) is 21.9 Å². The third kappa shape index (κ3) is 4.97. The fourth-order valence-corrected chi connectivity index (χ4v) is 4.01. The quantitative estimate of drug-likeness (QED) is 0.300. The van der Waals surface area contributed by atoms with Crippen LogP contribution < -0.4 is 5.32 Å². The highest BCUT2D eigenvalue weighted by Gasteiger charge is 2.15. The number of halogens is 1. The molecule has 0 fully saturated rings. The number of benzene rings is 4. The number of anilines is 1. The van der Waals surface area contributed by atoms with Crippen molar-refractivity contribution in [2.45, 2.75) is 13.3 Å². The number of nitrogens with one attached hydrogen (secondary N) is 1. The molecule has 0 radical (unpaired) electrons. The lowest BCUT2D eigenvalue weighted by Gasteiger charge is -2.14. The molecule has 1 amide bonds. The van der Waals surface area contributed by atoms with Crippen LogP contribution in [0.5, 0.6) is 0 Å². The van der Waals surface area contributed by atoms with Crippen LogP contribution in [0, 0.1) is 0 Å². The van der Waals surface area contributed by atoms with E-state index >= 15 is 0 Å². The topological polar surface area (TPSA) is 66.4 Å². The fraction of sp³-hybridized carbons (Fsp3) is 0.0714. The van der Waals surface area contributed by atoms with Gasteiger partial charge in [-0.05, 0) is 63.7 Å². The predicted octanol–water partition coefficient (Wildman–Crippen LogP) is 7.29. The zero-order chi connectivity index (χ0) is 23.4. The molecule has 33 heavy (non-hydrogen) atoms. The van der Waals surface area contributed by atoms with E-state index in [9.17, 15) is 9.59 Å². The van der Waals surface area contributed by atoms with Gasteiger partial charge in [-0.25, -0.2) is 4.79 Å². The Morgan fingerprint density at radius 2 is 1.64 bits per heavy atom. The average Bonchev–Trinajstić information content (AvgIpc) is 2.83. The van der Waals surface area contributed by atoms with Gasteiger partial charge < -0.3 is 10.4 Å². The maximum Gasteiger partial charge on any atom is 0.328 e. The van der Waals surface area contributed by atoms with Crippen molar-refractivity contribution in [3.05, 3.63) is 107 Å². The van der Waals surface area contributed by atoms with Crippen LogP contribution >= 0.6 is 11.6 Å². The maximum atomic E-state index is 13.4. The molecule has 0 heterocycles. The first-order chi connectivity index (χ1) is 16.0. The summed E-state index contributed by atoms with van der Waals surface area (Å²) in [7, 11) is 0. The maximum absolute atomic E-state index is 13.4. The Labute approximate surface area is 197 Å². The Kier molecular flexibility index (Phi) is 6.57. The molecule has 0 aliphatic carbocycles. The molecule has 0 saturated carbocycles. The van der Waals surface area contributed by atoms with E-state index in [1.54, 1.807) is 18.2 Å². The van der Waals surface area contributed by atoms with Crippen molar-refractivity contribution in [3.8, 4) is 11.1 Å². The number of carbonyl (C=O) groups excluding carboxylic acids is 1. The molecule has 0 aliphatic rings. The Morgan fingerprint density at radius 3 is 2.36 bits per heavy atom. The molecule has 0 atom stereocenters. The Morgan fingerprint density at radius 1 is 0.909 bits per heavy atom.